The molecule has 1 heterocycles. The SMILES string of the molecule is O=c1c2ccccc2nc(-c2ccccc2Cl)n1-c1ccc(OCc2ccccc2)cc1. The molecule has 0 unspecified atom stereocenters. The predicted molar refractivity (Wildman–Crippen MR) is 129 cm³/mol. The molecule has 0 bridgehead atoms. The molecule has 0 saturated carbocycles. The van der Waals surface area contributed by atoms with Gasteiger partial charge in [0.05, 0.1) is 21.6 Å². The maximum atomic E-state index is 13.5. The van der Waals surface area contributed by atoms with Gasteiger partial charge >= 0.3 is 0 Å². The van der Waals surface area contributed by atoms with Crippen molar-refractivity contribution in [2.45, 2.75) is 6.61 Å². The van der Waals surface area contributed by atoms with Gasteiger partial charge in [0.25, 0.3) is 5.56 Å². The summed E-state index contributed by atoms with van der Waals surface area (Å²) < 4.78 is 7.49. The lowest BCUT2D eigenvalue weighted by molar-refractivity contribution is 0.306. The molecule has 0 aliphatic rings. The summed E-state index contributed by atoms with van der Waals surface area (Å²) in [5, 5.41) is 1.08. The second-order valence-corrected chi connectivity index (χ2v) is 7.75. The van der Waals surface area contributed by atoms with E-state index < -0.39 is 0 Å². The Balaban J connectivity index is 1.58. The van der Waals surface area contributed by atoms with Crippen LogP contribution in [0, 0.1) is 0 Å². The van der Waals surface area contributed by atoms with E-state index >= 15 is 0 Å². The highest BCUT2D eigenvalue weighted by Crippen LogP contribution is 2.29. The number of nitrogens with zero attached hydrogens (tertiary/aromatic N) is 2. The van der Waals surface area contributed by atoms with Crippen LogP contribution in [0.25, 0.3) is 28.0 Å². The zero-order valence-corrected chi connectivity index (χ0v) is 17.9. The third kappa shape index (κ3) is 3.88. The largest absolute Gasteiger partial charge is 0.489 e. The lowest BCUT2D eigenvalue weighted by Gasteiger charge is -2.15. The van der Waals surface area contributed by atoms with Gasteiger partial charge in [-0.25, -0.2) is 4.98 Å². The zero-order valence-electron chi connectivity index (χ0n) is 17.1. The van der Waals surface area contributed by atoms with Gasteiger partial charge in [-0.1, -0.05) is 66.2 Å². The maximum absolute atomic E-state index is 13.5. The lowest BCUT2D eigenvalue weighted by atomic mass is 10.1. The zero-order chi connectivity index (χ0) is 21.9. The number of fused-ring (bicyclic) bond motifs is 1. The van der Waals surface area contributed by atoms with E-state index in [0.29, 0.717) is 39.6 Å². The molecule has 0 N–H and O–H groups in total. The van der Waals surface area contributed by atoms with E-state index in [4.69, 9.17) is 21.3 Å². The second-order valence-electron chi connectivity index (χ2n) is 7.34. The fourth-order valence-corrected chi connectivity index (χ4v) is 3.85. The summed E-state index contributed by atoms with van der Waals surface area (Å²) in [7, 11) is 0. The third-order valence-corrected chi connectivity index (χ3v) is 5.56. The lowest BCUT2D eigenvalue weighted by Crippen LogP contribution is -2.22. The van der Waals surface area contributed by atoms with E-state index in [2.05, 4.69) is 0 Å². The number of rotatable bonds is 5. The van der Waals surface area contributed by atoms with Crippen molar-refractivity contribution in [3.63, 3.8) is 0 Å². The van der Waals surface area contributed by atoms with Crippen LogP contribution in [0.2, 0.25) is 5.02 Å². The molecule has 0 aliphatic carbocycles. The molecule has 5 rings (SSSR count). The highest BCUT2D eigenvalue weighted by Gasteiger charge is 2.16. The highest BCUT2D eigenvalue weighted by atomic mass is 35.5. The Morgan fingerprint density at radius 3 is 2.25 bits per heavy atom. The first-order valence-corrected chi connectivity index (χ1v) is 10.6. The molecule has 4 nitrogen and oxygen atoms in total. The van der Waals surface area contributed by atoms with Crippen LogP contribution in [0.5, 0.6) is 5.75 Å². The topological polar surface area (TPSA) is 44.1 Å². The van der Waals surface area contributed by atoms with Crippen LogP contribution in [0.15, 0.2) is 108 Å². The number of ether oxygens (including phenoxy) is 1. The molecule has 0 spiro atoms. The van der Waals surface area contributed by atoms with Gasteiger partial charge in [-0.15, -0.1) is 0 Å². The maximum Gasteiger partial charge on any atom is 0.266 e. The Morgan fingerprint density at radius 2 is 1.47 bits per heavy atom. The van der Waals surface area contributed by atoms with E-state index in [-0.39, 0.29) is 5.56 Å². The summed E-state index contributed by atoms with van der Waals surface area (Å²) in [6, 6.07) is 32.1. The smallest absolute Gasteiger partial charge is 0.266 e. The summed E-state index contributed by atoms with van der Waals surface area (Å²) in [5.74, 6) is 1.22. The summed E-state index contributed by atoms with van der Waals surface area (Å²) in [5.41, 5.74) is 2.96. The van der Waals surface area contributed by atoms with Crippen LogP contribution in [-0.2, 0) is 6.61 Å². The van der Waals surface area contributed by atoms with Crippen molar-refractivity contribution in [3.8, 4) is 22.8 Å². The molecule has 1 aromatic heterocycles. The standard InChI is InChI=1S/C27H19ClN2O2/c28-24-12-6-4-10-22(24)26-29-25-13-7-5-11-23(25)27(31)30(26)20-14-16-21(17-15-20)32-18-19-8-2-1-3-9-19/h1-17H,18H2. The molecule has 0 radical (unpaired) electrons. The number of hydrogen-bond donors (Lipinski definition) is 0. The van der Waals surface area contributed by atoms with Crippen LogP contribution in [-0.4, -0.2) is 9.55 Å². The normalized spacial score (nSPS) is 10.9. The molecule has 0 amide bonds. The van der Waals surface area contributed by atoms with E-state index in [9.17, 15) is 4.79 Å². The van der Waals surface area contributed by atoms with Crippen LogP contribution in [0.1, 0.15) is 5.56 Å². The number of aromatic nitrogens is 2. The van der Waals surface area contributed by atoms with Crippen molar-refractivity contribution in [1.29, 1.82) is 0 Å². The molecular formula is C27H19ClN2O2. The Kier molecular flexibility index (Phi) is 5.44. The predicted octanol–water partition coefficient (Wildman–Crippen LogP) is 6.29. The van der Waals surface area contributed by atoms with Gasteiger partial charge in [0.15, 0.2) is 0 Å². The summed E-state index contributed by atoms with van der Waals surface area (Å²) in [4.78, 5) is 18.3. The van der Waals surface area contributed by atoms with Gasteiger partial charge in [0.1, 0.15) is 18.2 Å². The quantitative estimate of drug-likeness (QED) is 0.324. The Hall–Kier alpha value is -3.89. The molecule has 5 heteroatoms. The monoisotopic (exact) mass is 438 g/mol. The van der Waals surface area contributed by atoms with Crippen molar-refractivity contribution in [1.82, 2.24) is 9.55 Å². The van der Waals surface area contributed by atoms with E-state index in [1.165, 1.54) is 0 Å². The molecule has 0 atom stereocenters. The molecule has 4 aromatic carbocycles. The Labute approximate surface area is 190 Å². The van der Waals surface area contributed by atoms with Crippen LogP contribution in [0.3, 0.4) is 0 Å². The Morgan fingerprint density at radius 1 is 0.781 bits per heavy atom. The molecular weight excluding hydrogens is 420 g/mol. The van der Waals surface area contributed by atoms with E-state index in [1.54, 1.807) is 16.7 Å². The highest BCUT2D eigenvalue weighted by molar-refractivity contribution is 6.33. The van der Waals surface area contributed by atoms with Crippen molar-refractivity contribution >= 4 is 22.5 Å². The van der Waals surface area contributed by atoms with Crippen molar-refractivity contribution < 1.29 is 4.74 Å². The van der Waals surface area contributed by atoms with Gasteiger partial charge < -0.3 is 4.74 Å². The average Bonchev–Trinajstić information content (AvgIpc) is 2.84. The minimum absolute atomic E-state index is 0.150. The number of benzene rings is 4. The molecule has 0 fully saturated rings. The first kappa shape index (κ1) is 20.0. The van der Waals surface area contributed by atoms with Crippen LogP contribution >= 0.6 is 11.6 Å². The third-order valence-electron chi connectivity index (χ3n) is 5.23. The van der Waals surface area contributed by atoms with E-state index in [0.717, 1.165) is 11.3 Å². The van der Waals surface area contributed by atoms with Crippen molar-refractivity contribution in [3.05, 3.63) is 124 Å². The van der Waals surface area contributed by atoms with Crippen LogP contribution < -0.4 is 10.3 Å². The van der Waals surface area contributed by atoms with Gasteiger partial charge in [-0.05, 0) is 54.1 Å². The molecule has 0 aliphatic heterocycles. The summed E-state index contributed by atoms with van der Waals surface area (Å²) in [6.07, 6.45) is 0. The van der Waals surface area contributed by atoms with Crippen LogP contribution in [0.4, 0.5) is 0 Å². The molecule has 32 heavy (non-hydrogen) atoms. The fourth-order valence-electron chi connectivity index (χ4n) is 3.63. The van der Waals surface area contributed by atoms with Gasteiger partial charge in [-0.3, -0.25) is 9.36 Å². The summed E-state index contributed by atoms with van der Waals surface area (Å²) in [6.45, 7) is 0.475. The molecule has 0 saturated heterocycles. The molecule has 156 valence electrons. The van der Waals surface area contributed by atoms with Gasteiger partial charge in [0, 0.05) is 5.56 Å². The first-order chi connectivity index (χ1) is 15.7. The number of para-hydroxylation sites is 1. The van der Waals surface area contributed by atoms with Crippen molar-refractivity contribution in [2.75, 3.05) is 0 Å². The van der Waals surface area contributed by atoms with Crippen molar-refractivity contribution in [2.24, 2.45) is 0 Å². The fraction of sp³-hybridized carbons (Fsp3) is 0.0370. The first-order valence-electron chi connectivity index (χ1n) is 10.2. The Bertz CT molecular complexity index is 1440. The number of hydrogen-bond acceptors (Lipinski definition) is 3. The second kappa shape index (κ2) is 8.69. The number of halogens is 1. The molecule has 5 aromatic rings. The minimum Gasteiger partial charge on any atom is -0.489 e. The van der Waals surface area contributed by atoms with Gasteiger partial charge in [0.2, 0.25) is 0 Å². The van der Waals surface area contributed by atoms with Gasteiger partial charge in [-0.2, -0.15) is 0 Å². The minimum atomic E-state index is -0.150. The summed E-state index contributed by atoms with van der Waals surface area (Å²) >= 11 is 6.47. The average molecular weight is 439 g/mol. The van der Waals surface area contributed by atoms with E-state index in [1.807, 2.05) is 91.0 Å².